The van der Waals surface area contributed by atoms with E-state index in [1.807, 2.05) is 0 Å². The SMILES string of the molecule is CCNc1nccc(C(=O)Nc2ccc(C)cc2F)c1F. The fourth-order valence-corrected chi connectivity index (χ4v) is 1.82. The van der Waals surface area contributed by atoms with Gasteiger partial charge in [-0.3, -0.25) is 4.79 Å². The molecule has 1 amide bonds. The highest BCUT2D eigenvalue weighted by atomic mass is 19.1. The van der Waals surface area contributed by atoms with Crippen LogP contribution in [-0.2, 0) is 0 Å². The van der Waals surface area contributed by atoms with E-state index in [0.717, 1.165) is 5.56 Å². The molecule has 1 aromatic carbocycles. The van der Waals surface area contributed by atoms with E-state index in [2.05, 4.69) is 15.6 Å². The van der Waals surface area contributed by atoms with Crippen molar-refractivity contribution in [1.29, 1.82) is 0 Å². The van der Waals surface area contributed by atoms with Gasteiger partial charge in [0.2, 0.25) is 0 Å². The van der Waals surface area contributed by atoms with E-state index in [-0.39, 0.29) is 17.1 Å². The number of rotatable bonds is 4. The first-order chi connectivity index (χ1) is 10.0. The van der Waals surface area contributed by atoms with Gasteiger partial charge in [0.15, 0.2) is 11.6 Å². The summed E-state index contributed by atoms with van der Waals surface area (Å²) < 4.78 is 27.8. The lowest BCUT2D eigenvalue weighted by Gasteiger charge is -2.10. The predicted molar refractivity (Wildman–Crippen MR) is 77.4 cm³/mol. The number of amides is 1. The van der Waals surface area contributed by atoms with E-state index in [1.165, 1.54) is 24.4 Å². The molecule has 0 bridgehead atoms. The summed E-state index contributed by atoms with van der Waals surface area (Å²) >= 11 is 0. The van der Waals surface area contributed by atoms with Crippen LogP contribution >= 0.6 is 0 Å². The van der Waals surface area contributed by atoms with E-state index >= 15 is 0 Å². The number of hydrogen-bond acceptors (Lipinski definition) is 3. The number of nitrogens with one attached hydrogen (secondary N) is 2. The number of anilines is 2. The van der Waals surface area contributed by atoms with Gasteiger partial charge in [0, 0.05) is 12.7 Å². The largest absolute Gasteiger partial charge is 0.368 e. The van der Waals surface area contributed by atoms with E-state index in [1.54, 1.807) is 19.9 Å². The van der Waals surface area contributed by atoms with E-state index in [9.17, 15) is 13.6 Å². The number of halogens is 2. The summed E-state index contributed by atoms with van der Waals surface area (Å²) in [5.74, 6) is -2.06. The average molecular weight is 291 g/mol. The van der Waals surface area contributed by atoms with Gasteiger partial charge in [0.1, 0.15) is 5.82 Å². The van der Waals surface area contributed by atoms with Crippen molar-refractivity contribution in [2.24, 2.45) is 0 Å². The van der Waals surface area contributed by atoms with Crippen molar-refractivity contribution in [3.63, 3.8) is 0 Å². The molecule has 6 heteroatoms. The van der Waals surface area contributed by atoms with Gasteiger partial charge < -0.3 is 10.6 Å². The summed E-state index contributed by atoms with van der Waals surface area (Å²) in [6.07, 6.45) is 1.32. The molecule has 0 radical (unpaired) electrons. The van der Waals surface area contributed by atoms with E-state index < -0.39 is 17.5 Å². The number of carbonyl (C=O) groups excluding carboxylic acids is 1. The molecule has 0 unspecified atom stereocenters. The van der Waals surface area contributed by atoms with Crippen LogP contribution in [0.1, 0.15) is 22.8 Å². The van der Waals surface area contributed by atoms with Gasteiger partial charge in [0.25, 0.3) is 5.91 Å². The second-order valence-electron chi connectivity index (χ2n) is 4.49. The summed E-state index contributed by atoms with van der Waals surface area (Å²) in [7, 11) is 0. The van der Waals surface area contributed by atoms with Crippen LogP contribution in [0.2, 0.25) is 0 Å². The predicted octanol–water partition coefficient (Wildman–Crippen LogP) is 3.35. The maximum absolute atomic E-state index is 14.1. The molecule has 0 saturated heterocycles. The maximum Gasteiger partial charge on any atom is 0.258 e. The lowest BCUT2D eigenvalue weighted by atomic mass is 10.2. The number of aromatic nitrogens is 1. The molecule has 1 heterocycles. The van der Waals surface area contributed by atoms with Crippen molar-refractivity contribution in [1.82, 2.24) is 4.98 Å². The van der Waals surface area contributed by atoms with Gasteiger partial charge >= 0.3 is 0 Å². The number of carbonyl (C=O) groups is 1. The average Bonchev–Trinajstić information content (AvgIpc) is 2.44. The van der Waals surface area contributed by atoms with Gasteiger partial charge in [-0.05, 0) is 37.6 Å². The van der Waals surface area contributed by atoms with Crippen LogP contribution in [0.15, 0.2) is 30.5 Å². The van der Waals surface area contributed by atoms with Crippen LogP contribution in [0.4, 0.5) is 20.3 Å². The van der Waals surface area contributed by atoms with Gasteiger partial charge in [-0.2, -0.15) is 0 Å². The second-order valence-corrected chi connectivity index (χ2v) is 4.49. The molecule has 0 spiro atoms. The molecule has 2 N–H and O–H groups in total. The number of aryl methyl sites for hydroxylation is 1. The third-order valence-electron chi connectivity index (χ3n) is 2.85. The van der Waals surface area contributed by atoms with Crippen LogP contribution in [0, 0.1) is 18.6 Å². The third kappa shape index (κ3) is 3.34. The summed E-state index contributed by atoms with van der Waals surface area (Å²) in [5, 5.41) is 5.07. The molecule has 0 atom stereocenters. The Bertz CT molecular complexity index is 674. The Kier molecular flexibility index (Phi) is 4.47. The Morgan fingerprint density at radius 2 is 2.05 bits per heavy atom. The van der Waals surface area contributed by atoms with Gasteiger partial charge in [-0.1, -0.05) is 6.07 Å². The molecular weight excluding hydrogens is 276 g/mol. The molecule has 0 aliphatic heterocycles. The molecule has 0 aliphatic rings. The van der Waals surface area contributed by atoms with Crippen molar-refractivity contribution in [3.8, 4) is 0 Å². The summed E-state index contributed by atoms with van der Waals surface area (Å²) in [4.78, 5) is 15.9. The Balaban J connectivity index is 2.26. The minimum absolute atomic E-state index is 0.00507. The first-order valence-electron chi connectivity index (χ1n) is 6.48. The highest BCUT2D eigenvalue weighted by molar-refractivity contribution is 6.04. The van der Waals surface area contributed by atoms with Gasteiger partial charge in [-0.25, -0.2) is 13.8 Å². The number of nitrogens with zero attached hydrogens (tertiary/aromatic N) is 1. The number of hydrogen-bond donors (Lipinski definition) is 2. The smallest absolute Gasteiger partial charge is 0.258 e. The molecular formula is C15H15F2N3O. The molecule has 21 heavy (non-hydrogen) atoms. The van der Waals surface area contributed by atoms with Crippen molar-refractivity contribution in [2.45, 2.75) is 13.8 Å². The fourth-order valence-electron chi connectivity index (χ4n) is 1.82. The first kappa shape index (κ1) is 14.9. The first-order valence-corrected chi connectivity index (χ1v) is 6.48. The number of benzene rings is 1. The monoisotopic (exact) mass is 291 g/mol. The zero-order chi connectivity index (χ0) is 15.4. The highest BCUT2D eigenvalue weighted by Gasteiger charge is 2.17. The van der Waals surface area contributed by atoms with Crippen molar-refractivity contribution in [3.05, 3.63) is 53.2 Å². The third-order valence-corrected chi connectivity index (χ3v) is 2.85. The van der Waals surface area contributed by atoms with Crippen molar-refractivity contribution < 1.29 is 13.6 Å². The normalized spacial score (nSPS) is 10.3. The number of pyridine rings is 1. The van der Waals surface area contributed by atoms with Gasteiger partial charge in [0.05, 0.1) is 11.3 Å². The Hall–Kier alpha value is -2.50. The molecule has 0 fully saturated rings. The zero-order valence-corrected chi connectivity index (χ0v) is 11.7. The lowest BCUT2D eigenvalue weighted by Crippen LogP contribution is -2.16. The molecule has 110 valence electrons. The minimum Gasteiger partial charge on any atom is -0.368 e. The molecule has 0 saturated carbocycles. The summed E-state index contributed by atoms with van der Waals surface area (Å²) in [5.41, 5.74) is 0.544. The Morgan fingerprint density at radius 1 is 1.29 bits per heavy atom. The van der Waals surface area contributed by atoms with Gasteiger partial charge in [-0.15, -0.1) is 0 Å². The maximum atomic E-state index is 14.1. The van der Waals surface area contributed by atoms with Crippen molar-refractivity contribution >= 4 is 17.4 Å². The van der Waals surface area contributed by atoms with Crippen LogP contribution in [0.3, 0.4) is 0 Å². The summed E-state index contributed by atoms with van der Waals surface area (Å²) in [6.45, 7) is 4.00. The van der Waals surface area contributed by atoms with Crippen LogP contribution < -0.4 is 10.6 Å². The molecule has 2 aromatic rings. The lowest BCUT2D eigenvalue weighted by molar-refractivity contribution is 0.102. The standard InChI is InChI=1S/C15H15F2N3O/c1-3-18-14-13(17)10(6-7-19-14)15(21)20-12-5-4-9(2)8-11(12)16/h4-8H,3H2,1-2H3,(H,18,19)(H,20,21). The molecule has 2 rings (SSSR count). The topological polar surface area (TPSA) is 54.0 Å². The second kappa shape index (κ2) is 6.30. The summed E-state index contributed by atoms with van der Waals surface area (Å²) in [6, 6.07) is 5.64. The van der Waals surface area contributed by atoms with E-state index in [4.69, 9.17) is 0 Å². The quantitative estimate of drug-likeness (QED) is 0.908. The minimum atomic E-state index is -0.760. The Morgan fingerprint density at radius 3 is 2.71 bits per heavy atom. The molecule has 1 aromatic heterocycles. The fraction of sp³-hybridized carbons (Fsp3) is 0.200. The zero-order valence-electron chi connectivity index (χ0n) is 11.7. The van der Waals surface area contributed by atoms with Crippen LogP contribution in [0.25, 0.3) is 0 Å². The highest BCUT2D eigenvalue weighted by Crippen LogP contribution is 2.19. The van der Waals surface area contributed by atoms with Crippen LogP contribution in [-0.4, -0.2) is 17.4 Å². The van der Waals surface area contributed by atoms with E-state index in [0.29, 0.717) is 6.54 Å². The molecule has 0 aliphatic carbocycles. The van der Waals surface area contributed by atoms with Crippen molar-refractivity contribution in [2.75, 3.05) is 17.2 Å². The Labute approximate surface area is 121 Å². The molecule has 4 nitrogen and oxygen atoms in total. The van der Waals surface area contributed by atoms with Crippen LogP contribution in [0.5, 0.6) is 0 Å².